The maximum absolute atomic E-state index is 14.0. The summed E-state index contributed by atoms with van der Waals surface area (Å²) in [5.74, 6) is -1.15. The number of nitrogens with one attached hydrogen (secondary N) is 1. The average Bonchev–Trinajstić information content (AvgIpc) is 3.17. The zero-order valence-corrected chi connectivity index (χ0v) is 12.1. The van der Waals surface area contributed by atoms with Gasteiger partial charge in [0.25, 0.3) is 5.91 Å². The van der Waals surface area contributed by atoms with Crippen LogP contribution in [0.2, 0.25) is 0 Å². The van der Waals surface area contributed by atoms with E-state index >= 15 is 0 Å². The van der Waals surface area contributed by atoms with Gasteiger partial charge in [-0.3, -0.25) is 9.78 Å². The molecule has 0 aliphatic heterocycles. The average molecular weight is 302 g/mol. The number of carbonyl (C=O) groups is 1. The summed E-state index contributed by atoms with van der Waals surface area (Å²) in [5.41, 5.74) is 0.480. The minimum absolute atomic E-state index is 0.238. The predicted molar refractivity (Wildman–Crippen MR) is 78.4 cm³/mol. The van der Waals surface area contributed by atoms with E-state index in [1.165, 1.54) is 18.3 Å². The third-order valence-corrected chi connectivity index (χ3v) is 4.41. The molecule has 1 fully saturated rings. The van der Waals surface area contributed by atoms with Gasteiger partial charge in [-0.25, -0.2) is 8.78 Å². The molecule has 22 heavy (non-hydrogen) atoms. The Hall–Kier alpha value is -2.30. The summed E-state index contributed by atoms with van der Waals surface area (Å²) < 4.78 is 27.1. The normalized spacial score (nSPS) is 23.1. The molecule has 1 aromatic carbocycles. The number of pyridine rings is 1. The van der Waals surface area contributed by atoms with E-state index in [1.807, 2.05) is 6.92 Å². The van der Waals surface area contributed by atoms with Crippen LogP contribution in [0, 0.1) is 17.6 Å². The topological polar surface area (TPSA) is 42.0 Å². The van der Waals surface area contributed by atoms with E-state index in [0.29, 0.717) is 17.7 Å². The zero-order valence-electron chi connectivity index (χ0n) is 12.1. The van der Waals surface area contributed by atoms with Crippen LogP contribution in [0.3, 0.4) is 0 Å². The molecular weight excluding hydrogens is 286 g/mol. The molecule has 1 saturated carbocycles. The molecule has 1 heterocycles. The molecule has 0 radical (unpaired) electrons. The molecule has 3 rings (SSSR count). The number of halogens is 2. The third-order valence-electron chi connectivity index (χ3n) is 4.41. The second-order valence-corrected chi connectivity index (χ2v) is 5.81. The number of benzene rings is 1. The van der Waals surface area contributed by atoms with Crippen LogP contribution in [0.4, 0.5) is 8.78 Å². The molecule has 0 spiro atoms. The van der Waals surface area contributed by atoms with Gasteiger partial charge in [0, 0.05) is 30.4 Å². The number of amides is 1. The van der Waals surface area contributed by atoms with Gasteiger partial charge in [-0.1, -0.05) is 13.0 Å². The van der Waals surface area contributed by atoms with Crippen LogP contribution in [0.5, 0.6) is 0 Å². The molecule has 1 N–H and O–H groups in total. The van der Waals surface area contributed by atoms with Gasteiger partial charge in [0.05, 0.1) is 5.56 Å². The van der Waals surface area contributed by atoms with Crippen LogP contribution in [-0.2, 0) is 5.41 Å². The Morgan fingerprint density at radius 3 is 2.77 bits per heavy atom. The number of hydrogen-bond donors (Lipinski definition) is 1. The number of hydrogen-bond acceptors (Lipinski definition) is 2. The van der Waals surface area contributed by atoms with Crippen LogP contribution in [0.25, 0.3) is 0 Å². The highest BCUT2D eigenvalue weighted by atomic mass is 19.1. The fraction of sp³-hybridized carbons (Fsp3) is 0.294. The van der Waals surface area contributed by atoms with Gasteiger partial charge < -0.3 is 5.32 Å². The quantitative estimate of drug-likeness (QED) is 0.943. The van der Waals surface area contributed by atoms with Crippen molar-refractivity contribution in [2.75, 3.05) is 6.54 Å². The molecule has 2 atom stereocenters. The lowest BCUT2D eigenvalue weighted by atomic mass is 9.92. The molecule has 114 valence electrons. The molecule has 0 saturated heterocycles. The summed E-state index contributed by atoms with van der Waals surface area (Å²) in [6.07, 6.45) is 3.84. The molecule has 1 aliphatic rings. The zero-order chi connectivity index (χ0) is 15.7. The first kappa shape index (κ1) is 14.6. The van der Waals surface area contributed by atoms with Gasteiger partial charge in [-0.2, -0.15) is 0 Å². The van der Waals surface area contributed by atoms with Crippen molar-refractivity contribution >= 4 is 5.91 Å². The van der Waals surface area contributed by atoms with Crippen molar-refractivity contribution < 1.29 is 13.6 Å². The summed E-state index contributed by atoms with van der Waals surface area (Å²) in [4.78, 5) is 16.0. The summed E-state index contributed by atoms with van der Waals surface area (Å²) in [5, 5.41) is 2.83. The van der Waals surface area contributed by atoms with Crippen molar-refractivity contribution in [2.45, 2.75) is 18.8 Å². The molecule has 2 aromatic rings. The maximum Gasteiger partial charge on any atom is 0.252 e. The summed E-state index contributed by atoms with van der Waals surface area (Å²) in [6.45, 7) is 2.32. The summed E-state index contributed by atoms with van der Waals surface area (Å²) in [7, 11) is 0. The lowest BCUT2D eigenvalue weighted by molar-refractivity contribution is 0.0948. The van der Waals surface area contributed by atoms with Gasteiger partial charge >= 0.3 is 0 Å². The van der Waals surface area contributed by atoms with Crippen molar-refractivity contribution in [2.24, 2.45) is 5.92 Å². The minimum Gasteiger partial charge on any atom is -0.351 e. The second kappa shape index (κ2) is 5.48. The van der Waals surface area contributed by atoms with E-state index in [4.69, 9.17) is 0 Å². The van der Waals surface area contributed by atoms with Crippen molar-refractivity contribution in [1.82, 2.24) is 10.3 Å². The monoisotopic (exact) mass is 302 g/mol. The summed E-state index contributed by atoms with van der Waals surface area (Å²) in [6, 6.07) is 6.98. The van der Waals surface area contributed by atoms with Crippen molar-refractivity contribution in [3.63, 3.8) is 0 Å². The van der Waals surface area contributed by atoms with E-state index in [1.54, 1.807) is 18.3 Å². The molecule has 1 aliphatic carbocycles. The first-order chi connectivity index (χ1) is 10.5. The van der Waals surface area contributed by atoms with Gasteiger partial charge in [-0.05, 0) is 36.1 Å². The van der Waals surface area contributed by atoms with E-state index in [2.05, 4.69) is 10.3 Å². The van der Waals surface area contributed by atoms with Gasteiger partial charge in [0.2, 0.25) is 0 Å². The number of aromatic nitrogens is 1. The van der Waals surface area contributed by atoms with Crippen LogP contribution in [0.1, 0.15) is 29.3 Å². The highest BCUT2D eigenvalue weighted by Gasteiger charge is 2.53. The molecule has 1 amide bonds. The van der Waals surface area contributed by atoms with Crippen LogP contribution >= 0.6 is 0 Å². The lowest BCUT2D eigenvalue weighted by Crippen LogP contribution is -2.33. The van der Waals surface area contributed by atoms with E-state index in [-0.39, 0.29) is 11.8 Å². The maximum atomic E-state index is 14.0. The molecule has 0 bridgehead atoms. The Kier molecular flexibility index (Phi) is 3.64. The fourth-order valence-electron chi connectivity index (χ4n) is 2.93. The largest absolute Gasteiger partial charge is 0.351 e. The number of rotatable bonds is 4. The Morgan fingerprint density at radius 2 is 2.18 bits per heavy atom. The minimum atomic E-state index is -0.593. The number of nitrogens with zero attached hydrogens (tertiary/aromatic N) is 1. The summed E-state index contributed by atoms with van der Waals surface area (Å²) >= 11 is 0. The molecule has 1 aromatic heterocycles. The van der Waals surface area contributed by atoms with Gasteiger partial charge in [0.1, 0.15) is 11.6 Å². The fourth-order valence-corrected chi connectivity index (χ4v) is 2.93. The SMILES string of the molecule is CC1CC1(CNC(=O)c1cccnc1)c1ccc(F)cc1F. The molecule has 5 heteroatoms. The highest BCUT2D eigenvalue weighted by Crippen LogP contribution is 2.54. The van der Waals surface area contributed by atoms with Crippen molar-refractivity contribution in [3.05, 3.63) is 65.5 Å². The molecule has 3 nitrogen and oxygen atoms in total. The van der Waals surface area contributed by atoms with E-state index in [0.717, 1.165) is 12.5 Å². The Bertz CT molecular complexity index is 705. The van der Waals surface area contributed by atoms with Gasteiger partial charge in [0.15, 0.2) is 0 Å². The highest BCUT2D eigenvalue weighted by molar-refractivity contribution is 5.93. The van der Waals surface area contributed by atoms with Crippen LogP contribution < -0.4 is 5.32 Å². The smallest absolute Gasteiger partial charge is 0.252 e. The Morgan fingerprint density at radius 1 is 1.41 bits per heavy atom. The standard InChI is InChI=1S/C17H16F2N2O/c1-11-8-17(11,14-5-4-13(18)7-15(14)19)10-21-16(22)12-3-2-6-20-9-12/h2-7,9,11H,8,10H2,1H3,(H,21,22). The van der Waals surface area contributed by atoms with E-state index in [9.17, 15) is 13.6 Å². The lowest BCUT2D eigenvalue weighted by Gasteiger charge is -2.19. The first-order valence-electron chi connectivity index (χ1n) is 7.17. The van der Waals surface area contributed by atoms with Crippen LogP contribution in [-0.4, -0.2) is 17.4 Å². The number of carbonyl (C=O) groups excluding carboxylic acids is 1. The van der Waals surface area contributed by atoms with Crippen molar-refractivity contribution in [3.8, 4) is 0 Å². The Balaban J connectivity index is 1.76. The van der Waals surface area contributed by atoms with E-state index < -0.39 is 17.0 Å². The third kappa shape index (κ3) is 2.58. The first-order valence-corrected chi connectivity index (χ1v) is 7.17. The second-order valence-electron chi connectivity index (χ2n) is 5.81. The van der Waals surface area contributed by atoms with Crippen molar-refractivity contribution in [1.29, 1.82) is 0 Å². The van der Waals surface area contributed by atoms with Gasteiger partial charge in [-0.15, -0.1) is 0 Å². The Labute approximate surface area is 127 Å². The molecule has 2 unspecified atom stereocenters. The van der Waals surface area contributed by atoms with Crippen LogP contribution in [0.15, 0.2) is 42.7 Å². The molecular formula is C17H16F2N2O. The predicted octanol–water partition coefficient (Wildman–Crippen LogP) is 3.07.